The van der Waals surface area contributed by atoms with E-state index in [-0.39, 0.29) is 6.04 Å². The maximum atomic E-state index is 5.90. The van der Waals surface area contributed by atoms with Crippen LogP contribution in [-0.2, 0) is 0 Å². The van der Waals surface area contributed by atoms with E-state index in [2.05, 4.69) is 27.1 Å². The molecule has 5 nitrogen and oxygen atoms in total. The number of unbranched alkanes of at least 4 members (excludes halogenated alkanes) is 1. The molecule has 1 unspecified atom stereocenters. The number of aromatic nitrogens is 2. The number of anilines is 2. The summed E-state index contributed by atoms with van der Waals surface area (Å²) in [6, 6.07) is 2.23. The van der Waals surface area contributed by atoms with Crippen molar-refractivity contribution in [3.8, 4) is 0 Å². The van der Waals surface area contributed by atoms with Crippen LogP contribution in [0.2, 0.25) is 0 Å². The Bertz CT molecular complexity index is 355. The number of nitrogens with one attached hydrogen (secondary N) is 1. The molecule has 1 atom stereocenters. The molecule has 0 aliphatic carbocycles. The van der Waals surface area contributed by atoms with Crippen molar-refractivity contribution < 1.29 is 0 Å². The van der Waals surface area contributed by atoms with Crippen LogP contribution in [0.15, 0.2) is 12.3 Å². The summed E-state index contributed by atoms with van der Waals surface area (Å²) in [7, 11) is 0. The molecule has 17 heavy (non-hydrogen) atoms. The van der Waals surface area contributed by atoms with Crippen molar-refractivity contribution in [3.05, 3.63) is 12.3 Å². The van der Waals surface area contributed by atoms with Crippen molar-refractivity contribution in [2.24, 2.45) is 5.73 Å². The van der Waals surface area contributed by atoms with Crippen LogP contribution in [0.25, 0.3) is 0 Å². The first kappa shape index (κ1) is 12.1. The third kappa shape index (κ3) is 3.30. The minimum absolute atomic E-state index is 0.279. The highest BCUT2D eigenvalue weighted by Crippen LogP contribution is 2.17. The molecule has 2 heterocycles. The summed E-state index contributed by atoms with van der Waals surface area (Å²) in [5.74, 6) is 1.70. The average Bonchev–Trinajstić information content (AvgIpc) is 2.77. The lowest BCUT2D eigenvalue weighted by atomic mass is 10.3. The lowest BCUT2D eigenvalue weighted by molar-refractivity contribution is 0.751. The van der Waals surface area contributed by atoms with E-state index in [0.29, 0.717) is 0 Å². The van der Waals surface area contributed by atoms with Gasteiger partial charge in [-0.15, -0.1) is 0 Å². The molecule has 1 aliphatic rings. The lowest BCUT2D eigenvalue weighted by Gasteiger charge is -2.17. The monoisotopic (exact) mass is 235 g/mol. The van der Waals surface area contributed by atoms with Gasteiger partial charge >= 0.3 is 0 Å². The van der Waals surface area contributed by atoms with Crippen LogP contribution in [-0.4, -0.2) is 35.6 Å². The topological polar surface area (TPSA) is 67.1 Å². The quantitative estimate of drug-likeness (QED) is 0.751. The Morgan fingerprint density at radius 3 is 3.18 bits per heavy atom. The molecule has 1 aromatic heterocycles. The summed E-state index contributed by atoms with van der Waals surface area (Å²) < 4.78 is 0. The van der Waals surface area contributed by atoms with Gasteiger partial charge in [-0.3, -0.25) is 0 Å². The molecule has 0 bridgehead atoms. The first-order valence-electron chi connectivity index (χ1n) is 6.37. The summed E-state index contributed by atoms with van der Waals surface area (Å²) in [4.78, 5) is 11.0. The number of nitrogens with two attached hydrogens (primary N) is 1. The number of hydrogen-bond acceptors (Lipinski definition) is 5. The van der Waals surface area contributed by atoms with Crippen LogP contribution in [0.4, 0.5) is 11.8 Å². The fraction of sp³-hybridized carbons (Fsp3) is 0.667. The number of hydrogen-bond donors (Lipinski definition) is 2. The zero-order valence-electron chi connectivity index (χ0n) is 10.4. The smallest absolute Gasteiger partial charge is 0.224 e. The third-order valence-electron chi connectivity index (χ3n) is 3.00. The Balaban J connectivity index is 1.96. The van der Waals surface area contributed by atoms with Crippen molar-refractivity contribution in [2.45, 2.75) is 32.2 Å². The van der Waals surface area contributed by atoms with Gasteiger partial charge in [0.2, 0.25) is 5.95 Å². The van der Waals surface area contributed by atoms with Crippen molar-refractivity contribution in [1.29, 1.82) is 0 Å². The van der Waals surface area contributed by atoms with Crippen LogP contribution >= 0.6 is 0 Å². The summed E-state index contributed by atoms with van der Waals surface area (Å²) in [5.41, 5.74) is 5.90. The van der Waals surface area contributed by atoms with Gasteiger partial charge in [0.05, 0.1) is 0 Å². The maximum absolute atomic E-state index is 5.90. The highest BCUT2D eigenvalue weighted by Gasteiger charge is 2.20. The standard InChI is InChI=1S/C12H21N5/c1-2-3-6-14-12-15-7-4-11(16-12)17-8-5-10(13)9-17/h4,7,10H,2-3,5-6,8-9,13H2,1H3,(H,14,15,16). The Morgan fingerprint density at radius 2 is 2.47 bits per heavy atom. The molecule has 1 saturated heterocycles. The Morgan fingerprint density at radius 1 is 1.59 bits per heavy atom. The predicted octanol–water partition coefficient (Wildman–Crippen LogP) is 1.23. The van der Waals surface area contributed by atoms with Crippen LogP contribution in [0.1, 0.15) is 26.2 Å². The fourth-order valence-corrected chi connectivity index (χ4v) is 1.98. The fourth-order valence-electron chi connectivity index (χ4n) is 1.98. The minimum Gasteiger partial charge on any atom is -0.355 e. The van der Waals surface area contributed by atoms with Gasteiger partial charge in [0.25, 0.3) is 0 Å². The summed E-state index contributed by atoms with van der Waals surface area (Å²) in [6.45, 7) is 4.99. The first-order chi connectivity index (χ1) is 8.29. The molecule has 94 valence electrons. The van der Waals surface area contributed by atoms with E-state index in [4.69, 9.17) is 5.73 Å². The molecule has 2 rings (SSSR count). The van der Waals surface area contributed by atoms with E-state index in [1.54, 1.807) is 6.20 Å². The summed E-state index contributed by atoms with van der Waals surface area (Å²) >= 11 is 0. The zero-order valence-corrected chi connectivity index (χ0v) is 10.4. The van der Waals surface area contributed by atoms with Crippen LogP contribution in [0, 0.1) is 0 Å². The largest absolute Gasteiger partial charge is 0.355 e. The molecule has 1 fully saturated rings. The molecular formula is C12H21N5. The molecule has 0 spiro atoms. The van der Waals surface area contributed by atoms with Gasteiger partial charge in [-0.1, -0.05) is 13.3 Å². The lowest BCUT2D eigenvalue weighted by Crippen LogP contribution is -2.27. The summed E-state index contributed by atoms with van der Waals surface area (Å²) in [5, 5.41) is 3.24. The van der Waals surface area contributed by atoms with Gasteiger partial charge in [-0.05, 0) is 18.9 Å². The first-order valence-corrected chi connectivity index (χ1v) is 6.37. The van der Waals surface area contributed by atoms with Gasteiger partial charge in [-0.2, -0.15) is 4.98 Å². The van der Waals surface area contributed by atoms with Crippen LogP contribution < -0.4 is 16.0 Å². The minimum atomic E-state index is 0.279. The summed E-state index contributed by atoms with van der Waals surface area (Å²) in [6.07, 6.45) is 5.17. The van der Waals surface area contributed by atoms with Gasteiger partial charge in [0.15, 0.2) is 0 Å². The number of rotatable bonds is 5. The molecule has 0 saturated carbocycles. The van der Waals surface area contributed by atoms with Crippen molar-refractivity contribution in [2.75, 3.05) is 29.9 Å². The molecular weight excluding hydrogens is 214 g/mol. The highest BCUT2D eigenvalue weighted by molar-refractivity contribution is 5.43. The SMILES string of the molecule is CCCCNc1nccc(N2CCC(N)C2)n1. The molecule has 0 aromatic carbocycles. The Hall–Kier alpha value is -1.36. The predicted molar refractivity (Wildman–Crippen MR) is 70.2 cm³/mol. The van der Waals surface area contributed by atoms with Gasteiger partial charge in [0, 0.05) is 31.9 Å². The molecule has 5 heteroatoms. The normalized spacial score (nSPS) is 19.6. The molecule has 0 radical (unpaired) electrons. The third-order valence-corrected chi connectivity index (χ3v) is 3.00. The highest BCUT2D eigenvalue weighted by atomic mass is 15.2. The molecule has 1 aromatic rings. The zero-order chi connectivity index (χ0) is 12.1. The van der Waals surface area contributed by atoms with Crippen LogP contribution in [0.5, 0.6) is 0 Å². The van der Waals surface area contributed by atoms with Crippen LogP contribution in [0.3, 0.4) is 0 Å². The molecule has 0 amide bonds. The van der Waals surface area contributed by atoms with Crippen molar-refractivity contribution in [3.63, 3.8) is 0 Å². The maximum Gasteiger partial charge on any atom is 0.224 e. The molecule has 1 aliphatic heterocycles. The van der Waals surface area contributed by atoms with Gasteiger partial charge < -0.3 is 16.0 Å². The van der Waals surface area contributed by atoms with E-state index in [9.17, 15) is 0 Å². The number of nitrogens with zero attached hydrogens (tertiary/aromatic N) is 3. The second kappa shape index (κ2) is 5.82. The van der Waals surface area contributed by atoms with Gasteiger partial charge in [0.1, 0.15) is 5.82 Å². The average molecular weight is 235 g/mol. The molecule has 3 N–H and O–H groups in total. The van der Waals surface area contributed by atoms with E-state index >= 15 is 0 Å². The van der Waals surface area contributed by atoms with E-state index in [0.717, 1.165) is 44.2 Å². The Kier molecular flexibility index (Phi) is 4.14. The van der Waals surface area contributed by atoms with Crippen molar-refractivity contribution >= 4 is 11.8 Å². The van der Waals surface area contributed by atoms with Gasteiger partial charge in [-0.25, -0.2) is 4.98 Å². The van der Waals surface area contributed by atoms with E-state index in [1.807, 2.05) is 6.07 Å². The Labute approximate surface area is 102 Å². The van der Waals surface area contributed by atoms with E-state index < -0.39 is 0 Å². The van der Waals surface area contributed by atoms with E-state index in [1.165, 1.54) is 6.42 Å². The van der Waals surface area contributed by atoms with Crippen molar-refractivity contribution in [1.82, 2.24) is 9.97 Å². The second-order valence-electron chi connectivity index (χ2n) is 4.51. The second-order valence-corrected chi connectivity index (χ2v) is 4.51.